The fourth-order valence-electron chi connectivity index (χ4n) is 1.31. The molecule has 0 unspecified atom stereocenters. The zero-order chi connectivity index (χ0) is 9.97. The van der Waals surface area contributed by atoms with Gasteiger partial charge in [-0.05, 0) is 55.5 Å². The zero-order valence-corrected chi connectivity index (χ0v) is 11.3. The van der Waals surface area contributed by atoms with E-state index < -0.39 is 0 Å². The van der Waals surface area contributed by atoms with Crippen molar-refractivity contribution in [2.24, 2.45) is 0 Å². The monoisotopic (exact) mass is 330 g/mol. The second kappa shape index (κ2) is 4.60. The zero-order valence-electron chi connectivity index (χ0n) is 7.34. The molecular formula is C11H8Br2S. The maximum Gasteiger partial charge on any atom is 0.0745 e. The molecule has 0 aliphatic carbocycles. The molecule has 0 bridgehead atoms. The molecule has 14 heavy (non-hydrogen) atoms. The molecule has 0 amide bonds. The summed E-state index contributed by atoms with van der Waals surface area (Å²) in [6.07, 6.45) is 0.990. The van der Waals surface area contributed by atoms with Crippen molar-refractivity contribution in [3.8, 4) is 0 Å². The Bertz CT molecular complexity index is 420. The van der Waals surface area contributed by atoms with Gasteiger partial charge in [-0.1, -0.05) is 30.3 Å². The van der Waals surface area contributed by atoms with Gasteiger partial charge in [-0.2, -0.15) is 0 Å². The lowest BCUT2D eigenvalue weighted by atomic mass is 10.1. The molecule has 2 aromatic rings. The lowest BCUT2D eigenvalue weighted by Crippen LogP contribution is -1.84. The van der Waals surface area contributed by atoms with Gasteiger partial charge in [0, 0.05) is 0 Å². The summed E-state index contributed by atoms with van der Waals surface area (Å²) in [4.78, 5) is 0. The first-order valence-corrected chi connectivity index (χ1v) is 6.63. The second-order valence-corrected chi connectivity index (χ2v) is 6.76. The van der Waals surface area contributed by atoms with E-state index in [0.29, 0.717) is 0 Å². The Kier molecular flexibility index (Phi) is 3.42. The van der Waals surface area contributed by atoms with E-state index in [4.69, 9.17) is 0 Å². The van der Waals surface area contributed by atoms with Crippen molar-refractivity contribution in [3.63, 3.8) is 0 Å². The van der Waals surface area contributed by atoms with Crippen LogP contribution in [-0.4, -0.2) is 0 Å². The Labute approximate surface area is 104 Å². The van der Waals surface area contributed by atoms with E-state index in [1.165, 1.54) is 18.7 Å². The molecule has 0 aliphatic heterocycles. The third kappa shape index (κ3) is 2.47. The van der Waals surface area contributed by atoms with Gasteiger partial charge < -0.3 is 0 Å². The van der Waals surface area contributed by atoms with Crippen LogP contribution in [0.25, 0.3) is 0 Å². The molecule has 0 nitrogen and oxygen atoms in total. The summed E-state index contributed by atoms with van der Waals surface area (Å²) in [5.41, 5.74) is 2.69. The van der Waals surface area contributed by atoms with Crippen LogP contribution in [0.2, 0.25) is 0 Å². The predicted octanol–water partition coefficient (Wildman–Crippen LogP) is 4.86. The van der Waals surface area contributed by atoms with Crippen LogP contribution in [0.15, 0.2) is 44.0 Å². The summed E-state index contributed by atoms with van der Waals surface area (Å²) in [5, 5.41) is 0. The number of halogens is 2. The quantitative estimate of drug-likeness (QED) is 0.737. The van der Waals surface area contributed by atoms with Gasteiger partial charge in [-0.3, -0.25) is 0 Å². The highest BCUT2D eigenvalue weighted by atomic mass is 79.9. The van der Waals surface area contributed by atoms with Crippen LogP contribution in [0.5, 0.6) is 0 Å². The molecule has 0 aliphatic rings. The van der Waals surface area contributed by atoms with E-state index in [-0.39, 0.29) is 0 Å². The standard InChI is InChI=1S/C11H8Br2S/c12-10-7-9(11(13)14-10)6-8-4-2-1-3-5-8/h1-5,7H,6H2. The summed E-state index contributed by atoms with van der Waals surface area (Å²) in [5.74, 6) is 0. The molecule has 0 saturated heterocycles. The smallest absolute Gasteiger partial charge is 0.0745 e. The Hall–Kier alpha value is -0.120. The van der Waals surface area contributed by atoms with Crippen molar-refractivity contribution in [2.75, 3.05) is 0 Å². The highest BCUT2D eigenvalue weighted by Crippen LogP contribution is 2.33. The highest BCUT2D eigenvalue weighted by Gasteiger charge is 2.05. The van der Waals surface area contributed by atoms with E-state index in [0.717, 1.165) is 6.42 Å². The lowest BCUT2D eigenvalue weighted by molar-refractivity contribution is 1.20. The van der Waals surface area contributed by atoms with Crippen LogP contribution in [0.4, 0.5) is 0 Å². The van der Waals surface area contributed by atoms with Crippen LogP contribution >= 0.6 is 43.2 Å². The van der Waals surface area contributed by atoms with E-state index in [1.807, 2.05) is 6.07 Å². The molecular weight excluding hydrogens is 324 g/mol. The number of hydrogen-bond donors (Lipinski definition) is 0. The predicted molar refractivity (Wildman–Crippen MR) is 69.0 cm³/mol. The number of rotatable bonds is 2. The molecule has 72 valence electrons. The van der Waals surface area contributed by atoms with Gasteiger partial charge in [-0.25, -0.2) is 0 Å². The number of hydrogen-bond acceptors (Lipinski definition) is 1. The Morgan fingerprint density at radius 1 is 1.07 bits per heavy atom. The van der Waals surface area contributed by atoms with Gasteiger partial charge >= 0.3 is 0 Å². The molecule has 1 aromatic carbocycles. The van der Waals surface area contributed by atoms with Crippen LogP contribution in [0.1, 0.15) is 11.1 Å². The minimum atomic E-state index is 0.990. The maximum absolute atomic E-state index is 3.56. The molecule has 1 heterocycles. The average Bonchev–Trinajstić information content (AvgIpc) is 2.47. The first-order valence-electron chi connectivity index (χ1n) is 4.23. The molecule has 2 rings (SSSR count). The lowest BCUT2D eigenvalue weighted by Gasteiger charge is -1.98. The third-order valence-corrected chi connectivity index (χ3v) is 4.43. The first-order chi connectivity index (χ1) is 6.75. The maximum atomic E-state index is 3.56. The molecule has 0 radical (unpaired) electrons. The van der Waals surface area contributed by atoms with Gasteiger partial charge in [-0.15, -0.1) is 11.3 Å². The van der Waals surface area contributed by atoms with E-state index >= 15 is 0 Å². The van der Waals surface area contributed by atoms with Gasteiger partial charge in [0.1, 0.15) is 0 Å². The fourth-order valence-corrected chi connectivity index (χ4v) is 4.14. The molecule has 0 fully saturated rings. The molecule has 0 atom stereocenters. The molecule has 3 heteroatoms. The first kappa shape index (κ1) is 10.4. The highest BCUT2D eigenvalue weighted by molar-refractivity contribution is 9.12. The van der Waals surface area contributed by atoms with Crippen molar-refractivity contribution < 1.29 is 0 Å². The van der Waals surface area contributed by atoms with Crippen LogP contribution in [0, 0.1) is 0 Å². The van der Waals surface area contributed by atoms with Crippen molar-refractivity contribution in [2.45, 2.75) is 6.42 Å². The summed E-state index contributed by atoms with van der Waals surface area (Å²) in [6.45, 7) is 0. The van der Waals surface area contributed by atoms with E-state index in [1.54, 1.807) is 11.3 Å². The molecule has 0 N–H and O–H groups in total. The Balaban J connectivity index is 2.23. The van der Waals surface area contributed by atoms with Crippen molar-refractivity contribution in [1.82, 2.24) is 0 Å². The topological polar surface area (TPSA) is 0 Å². The largest absolute Gasteiger partial charge is 0.121 e. The van der Waals surface area contributed by atoms with E-state index in [9.17, 15) is 0 Å². The molecule has 1 aromatic heterocycles. The summed E-state index contributed by atoms with van der Waals surface area (Å²) >= 11 is 8.77. The van der Waals surface area contributed by atoms with Gasteiger partial charge in [0.05, 0.1) is 7.57 Å². The van der Waals surface area contributed by atoms with Gasteiger partial charge in [0.15, 0.2) is 0 Å². The van der Waals surface area contributed by atoms with Gasteiger partial charge in [0.25, 0.3) is 0 Å². The number of thiophene rings is 1. The SMILES string of the molecule is Brc1cc(Cc2ccccc2)c(Br)s1. The summed E-state index contributed by atoms with van der Waals surface area (Å²) in [7, 11) is 0. The second-order valence-electron chi connectivity index (χ2n) is 3.01. The molecule has 0 saturated carbocycles. The average molecular weight is 332 g/mol. The Morgan fingerprint density at radius 2 is 1.79 bits per heavy atom. The fraction of sp³-hybridized carbons (Fsp3) is 0.0909. The molecule has 0 spiro atoms. The number of benzene rings is 1. The third-order valence-electron chi connectivity index (χ3n) is 1.96. The minimum Gasteiger partial charge on any atom is -0.121 e. The normalized spacial score (nSPS) is 10.4. The van der Waals surface area contributed by atoms with Crippen molar-refractivity contribution in [1.29, 1.82) is 0 Å². The summed E-state index contributed by atoms with van der Waals surface area (Å²) < 4.78 is 2.39. The van der Waals surface area contributed by atoms with Gasteiger partial charge in [0.2, 0.25) is 0 Å². The summed E-state index contributed by atoms with van der Waals surface area (Å²) in [6, 6.07) is 12.7. The van der Waals surface area contributed by atoms with Crippen molar-refractivity contribution in [3.05, 3.63) is 55.1 Å². The van der Waals surface area contributed by atoms with Crippen LogP contribution in [-0.2, 0) is 6.42 Å². The van der Waals surface area contributed by atoms with Crippen molar-refractivity contribution >= 4 is 43.2 Å². The van der Waals surface area contributed by atoms with E-state index in [2.05, 4.69) is 62.2 Å². The van der Waals surface area contributed by atoms with Crippen LogP contribution in [0.3, 0.4) is 0 Å². The minimum absolute atomic E-state index is 0.990. The Morgan fingerprint density at radius 3 is 2.36 bits per heavy atom. The van der Waals surface area contributed by atoms with Crippen LogP contribution < -0.4 is 0 Å².